The van der Waals surface area contributed by atoms with Gasteiger partial charge in [-0.3, -0.25) is 4.79 Å². The second-order valence-corrected chi connectivity index (χ2v) is 9.09. The van der Waals surface area contributed by atoms with Crippen molar-refractivity contribution < 1.29 is 20.1 Å². The predicted molar refractivity (Wildman–Crippen MR) is 109 cm³/mol. The lowest BCUT2D eigenvalue weighted by Crippen LogP contribution is -2.52. The van der Waals surface area contributed by atoms with Crippen molar-refractivity contribution in [2.24, 2.45) is 17.3 Å². The minimum absolute atomic E-state index is 0.132. The molecule has 0 aromatic carbocycles. The minimum atomic E-state index is -0.742. The molecule has 0 aromatic heterocycles. The van der Waals surface area contributed by atoms with Crippen LogP contribution >= 0.6 is 0 Å². The van der Waals surface area contributed by atoms with Crippen molar-refractivity contribution in [3.05, 3.63) is 11.6 Å². The lowest BCUT2D eigenvalue weighted by atomic mass is 9.47. The average molecular weight is 381 g/mol. The molecule has 2 saturated carbocycles. The highest BCUT2D eigenvalue weighted by atomic mass is 16.4. The number of hydrogen-bond donors (Lipinski definition) is 3. The standard InChI is InChI=1S/C23H40O4/c1-3-4-5-6-7-10-18(24)12-13-19-20-16-17(9-8-11-22(26)27)23(20,2)15-14-21(19)25/h9,18-21,24-25H,3-8,10-16H2,1-2H3,(H,26,27)/t18?,19-,20-,21-,23-/m0/s1. The van der Waals surface area contributed by atoms with E-state index in [9.17, 15) is 15.0 Å². The highest BCUT2D eigenvalue weighted by Gasteiger charge is 2.54. The molecule has 1 unspecified atom stereocenters. The fourth-order valence-corrected chi connectivity index (χ4v) is 5.29. The number of hydrogen-bond acceptors (Lipinski definition) is 3. The number of carboxylic acid groups (broad SMARTS) is 1. The fraction of sp³-hybridized carbons (Fsp3) is 0.870. The number of carbonyl (C=O) groups is 1. The highest BCUT2D eigenvalue weighted by molar-refractivity contribution is 5.66. The van der Waals surface area contributed by atoms with Crippen LogP contribution in [0.5, 0.6) is 0 Å². The molecule has 0 aromatic rings. The average Bonchev–Trinajstić information content (AvgIpc) is 2.62. The summed E-state index contributed by atoms with van der Waals surface area (Å²) in [5, 5.41) is 29.7. The second-order valence-electron chi connectivity index (χ2n) is 9.09. The van der Waals surface area contributed by atoms with Gasteiger partial charge in [0.15, 0.2) is 0 Å². The van der Waals surface area contributed by atoms with Crippen LogP contribution in [0.15, 0.2) is 11.6 Å². The molecule has 0 aliphatic heterocycles. The molecule has 0 heterocycles. The topological polar surface area (TPSA) is 77.8 Å². The summed E-state index contributed by atoms with van der Waals surface area (Å²) in [4.78, 5) is 10.7. The summed E-state index contributed by atoms with van der Waals surface area (Å²) < 4.78 is 0. The molecule has 5 atom stereocenters. The van der Waals surface area contributed by atoms with E-state index in [1.54, 1.807) is 0 Å². The number of unbranched alkanes of at least 4 members (excludes halogenated alkanes) is 4. The first kappa shape index (κ1) is 22.4. The monoisotopic (exact) mass is 380 g/mol. The van der Waals surface area contributed by atoms with E-state index >= 15 is 0 Å². The Morgan fingerprint density at radius 3 is 2.70 bits per heavy atom. The number of aliphatic hydroxyl groups excluding tert-OH is 2. The summed E-state index contributed by atoms with van der Waals surface area (Å²) in [6.45, 7) is 4.50. The third-order valence-corrected chi connectivity index (χ3v) is 7.19. The van der Waals surface area contributed by atoms with Crippen molar-refractivity contribution in [2.45, 2.75) is 110 Å². The van der Waals surface area contributed by atoms with Crippen LogP contribution in [0, 0.1) is 17.3 Å². The van der Waals surface area contributed by atoms with E-state index in [-0.39, 0.29) is 30.0 Å². The zero-order valence-electron chi connectivity index (χ0n) is 17.3. The minimum Gasteiger partial charge on any atom is -0.481 e. The molecule has 2 rings (SSSR count). The van der Waals surface area contributed by atoms with Crippen molar-refractivity contribution in [1.82, 2.24) is 0 Å². The molecule has 2 aliphatic rings. The molecule has 27 heavy (non-hydrogen) atoms. The van der Waals surface area contributed by atoms with Gasteiger partial charge in [-0.25, -0.2) is 0 Å². The second kappa shape index (κ2) is 10.6. The summed E-state index contributed by atoms with van der Waals surface area (Å²) in [5.74, 6) is 0.0118. The number of rotatable bonds is 12. The van der Waals surface area contributed by atoms with Gasteiger partial charge in [-0.15, -0.1) is 0 Å². The van der Waals surface area contributed by atoms with Crippen molar-refractivity contribution in [1.29, 1.82) is 0 Å². The molecule has 0 bridgehead atoms. The van der Waals surface area contributed by atoms with Crippen LogP contribution in [0.2, 0.25) is 0 Å². The zero-order chi connectivity index (χ0) is 19.9. The van der Waals surface area contributed by atoms with Crippen LogP contribution in [0.3, 0.4) is 0 Å². The molecule has 4 nitrogen and oxygen atoms in total. The van der Waals surface area contributed by atoms with Gasteiger partial charge in [0.2, 0.25) is 0 Å². The number of aliphatic hydroxyl groups is 2. The highest BCUT2D eigenvalue weighted by Crippen LogP contribution is 2.61. The van der Waals surface area contributed by atoms with Crippen molar-refractivity contribution in [2.75, 3.05) is 0 Å². The van der Waals surface area contributed by atoms with E-state index in [0.29, 0.717) is 12.3 Å². The Kier molecular flexibility index (Phi) is 8.81. The summed E-state index contributed by atoms with van der Waals surface area (Å²) in [6, 6.07) is 0. The van der Waals surface area contributed by atoms with Gasteiger partial charge in [-0.2, -0.15) is 0 Å². The van der Waals surface area contributed by atoms with Gasteiger partial charge in [0.1, 0.15) is 0 Å². The Labute approximate surface area is 165 Å². The molecule has 4 heteroatoms. The predicted octanol–water partition coefficient (Wildman–Crippen LogP) is 5.08. The first-order valence-electron chi connectivity index (χ1n) is 11.2. The molecule has 2 aliphatic carbocycles. The van der Waals surface area contributed by atoms with E-state index in [4.69, 9.17) is 5.11 Å². The third kappa shape index (κ3) is 6.05. The molecular weight excluding hydrogens is 340 g/mol. The number of fused-ring (bicyclic) bond motifs is 1. The molecule has 156 valence electrons. The van der Waals surface area contributed by atoms with E-state index < -0.39 is 5.97 Å². The van der Waals surface area contributed by atoms with Crippen molar-refractivity contribution >= 4 is 5.97 Å². The first-order valence-corrected chi connectivity index (χ1v) is 11.2. The van der Waals surface area contributed by atoms with Crippen molar-refractivity contribution in [3.8, 4) is 0 Å². The Hall–Kier alpha value is -0.870. The molecule has 0 amide bonds. The van der Waals surface area contributed by atoms with Gasteiger partial charge in [-0.05, 0) is 62.2 Å². The lowest BCUT2D eigenvalue weighted by molar-refractivity contribution is -0.136. The lowest BCUT2D eigenvalue weighted by Gasteiger charge is -2.58. The Morgan fingerprint density at radius 2 is 2.00 bits per heavy atom. The van der Waals surface area contributed by atoms with Crippen LogP contribution in [-0.4, -0.2) is 33.5 Å². The maximum absolute atomic E-state index is 10.7. The van der Waals surface area contributed by atoms with Gasteiger partial charge in [-0.1, -0.05) is 57.6 Å². The normalized spacial score (nSPS) is 32.7. The van der Waals surface area contributed by atoms with Crippen LogP contribution in [0.4, 0.5) is 0 Å². The quantitative estimate of drug-likeness (QED) is 0.326. The van der Waals surface area contributed by atoms with E-state index in [1.807, 2.05) is 0 Å². The van der Waals surface area contributed by atoms with Gasteiger partial charge in [0.25, 0.3) is 0 Å². The number of allylic oxidation sites excluding steroid dienone is 2. The molecule has 0 radical (unpaired) electrons. The molecular formula is C23H40O4. The Morgan fingerprint density at radius 1 is 1.26 bits per heavy atom. The van der Waals surface area contributed by atoms with E-state index in [2.05, 4.69) is 19.9 Å². The van der Waals surface area contributed by atoms with Crippen LogP contribution in [0.25, 0.3) is 0 Å². The molecule has 0 saturated heterocycles. The molecule has 0 spiro atoms. The fourth-order valence-electron chi connectivity index (χ4n) is 5.29. The number of carboxylic acids is 1. The first-order chi connectivity index (χ1) is 12.9. The van der Waals surface area contributed by atoms with Crippen LogP contribution < -0.4 is 0 Å². The van der Waals surface area contributed by atoms with Gasteiger partial charge in [0.05, 0.1) is 12.2 Å². The van der Waals surface area contributed by atoms with E-state index in [1.165, 1.54) is 31.3 Å². The van der Waals surface area contributed by atoms with Gasteiger partial charge in [0, 0.05) is 6.42 Å². The number of aliphatic carboxylic acids is 1. The Balaban J connectivity index is 1.79. The SMILES string of the molecule is CCCCCCCC(O)CC[C@@H]1[C@@H](O)CC[C@@]2(C)C(=CCCC(=O)O)C[C@@H]12. The van der Waals surface area contributed by atoms with Crippen molar-refractivity contribution in [3.63, 3.8) is 0 Å². The largest absolute Gasteiger partial charge is 0.481 e. The van der Waals surface area contributed by atoms with Crippen LogP contribution in [-0.2, 0) is 4.79 Å². The van der Waals surface area contributed by atoms with Gasteiger partial charge < -0.3 is 15.3 Å². The zero-order valence-corrected chi connectivity index (χ0v) is 17.3. The van der Waals surface area contributed by atoms with Crippen LogP contribution in [0.1, 0.15) is 97.3 Å². The van der Waals surface area contributed by atoms with E-state index in [0.717, 1.165) is 44.9 Å². The molecule has 3 N–H and O–H groups in total. The summed E-state index contributed by atoms with van der Waals surface area (Å²) >= 11 is 0. The maximum atomic E-state index is 10.7. The Bertz CT molecular complexity index is 501. The third-order valence-electron chi connectivity index (χ3n) is 7.19. The maximum Gasteiger partial charge on any atom is 0.303 e. The summed E-state index contributed by atoms with van der Waals surface area (Å²) in [7, 11) is 0. The van der Waals surface area contributed by atoms with Gasteiger partial charge >= 0.3 is 5.97 Å². The smallest absolute Gasteiger partial charge is 0.303 e. The molecule has 2 fully saturated rings. The summed E-state index contributed by atoms with van der Waals surface area (Å²) in [6.07, 6.45) is 13.9. The summed E-state index contributed by atoms with van der Waals surface area (Å²) in [5.41, 5.74) is 1.52.